The largest absolute Gasteiger partial charge is 0.0958 e. The average molecular weight is 222 g/mol. The van der Waals surface area contributed by atoms with Crippen LogP contribution in [-0.4, -0.2) is 3.92 Å². The fraction of sp³-hybridized carbons (Fsp3) is 0.429. The monoisotopic (exact) mass is 222 g/mol. The van der Waals surface area contributed by atoms with E-state index in [0.717, 1.165) is 11.1 Å². The first-order valence-corrected chi connectivity index (χ1v) is 3.79. The molecule has 0 saturated carbocycles. The van der Waals surface area contributed by atoms with Crippen molar-refractivity contribution in [1.29, 1.82) is 0 Å². The molecular formula is C7H11I. The summed E-state index contributed by atoms with van der Waals surface area (Å²) < 4.78 is 0.519. The lowest BCUT2D eigenvalue weighted by molar-refractivity contribution is 1.18. The molecule has 0 aromatic carbocycles. The van der Waals surface area contributed by atoms with Crippen molar-refractivity contribution < 1.29 is 0 Å². The number of hydrogen-bond donors (Lipinski definition) is 0. The van der Waals surface area contributed by atoms with Gasteiger partial charge in [-0.2, -0.15) is 0 Å². The first-order valence-electron chi connectivity index (χ1n) is 2.54. The van der Waals surface area contributed by atoms with Gasteiger partial charge in [0.15, 0.2) is 0 Å². The van der Waals surface area contributed by atoms with Gasteiger partial charge in [-0.3, -0.25) is 0 Å². The minimum absolute atomic E-state index is 0.519. The van der Waals surface area contributed by atoms with Gasteiger partial charge < -0.3 is 0 Å². The number of halogens is 1. The highest BCUT2D eigenvalue weighted by Crippen LogP contribution is 2.15. The molecule has 0 aliphatic carbocycles. The molecule has 0 saturated heterocycles. The van der Waals surface area contributed by atoms with E-state index in [1.807, 2.05) is 6.92 Å². The molecule has 0 amide bonds. The van der Waals surface area contributed by atoms with Crippen molar-refractivity contribution in [3.8, 4) is 0 Å². The molecule has 0 fully saturated rings. The van der Waals surface area contributed by atoms with Gasteiger partial charge in [-0.25, -0.2) is 0 Å². The van der Waals surface area contributed by atoms with Crippen LogP contribution in [-0.2, 0) is 0 Å². The first kappa shape index (κ1) is 8.21. The van der Waals surface area contributed by atoms with Crippen LogP contribution in [0.2, 0.25) is 0 Å². The minimum Gasteiger partial charge on any atom is -0.0958 e. The Morgan fingerprint density at radius 3 is 1.88 bits per heavy atom. The molecule has 0 rings (SSSR count). The van der Waals surface area contributed by atoms with E-state index in [4.69, 9.17) is 0 Å². The van der Waals surface area contributed by atoms with Gasteiger partial charge in [0, 0.05) is 3.92 Å². The molecule has 1 atom stereocenters. The third-order valence-corrected chi connectivity index (χ3v) is 1.78. The Kier molecular flexibility index (Phi) is 3.36. The van der Waals surface area contributed by atoms with Crippen molar-refractivity contribution in [3.63, 3.8) is 0 Å². The Labute approximate surface area is 64.8 Å². The van der Waals surface area contributed by atoms with Crippen LogP contribution in [0.3, 0.4) is 0 Å². The maximum absolute atomic E-state index is 3.85. The van der Waals surface area contributed by atoms with E-state index in [0.29, 0.717) is 3.92 Å². The van der Waals surface area contributed by atoms with Crippen molar-refractivity contribution in [2.24, 2.45) is 0 Å². The maximum Gasteiger partial charge on any atom is 0.0327 e. The normalized spacial score (nSPS) is 12.9. The Morgan fingerprint density at radius 1 is 1.50 bits per heavy atom. The Bertz CT molecular complexity index is 112. The number of alkyl halides is 1. The van der Waals surface area contributed by atoms with Gasteiger partial charge in [0.2, 0.25) is 0 Å². The summed E-state index contributed by atoms with van der Waals surface area (Å²) in [6.07, 6.45) is 0. The van der Waals surface area contributed by atoms with Crippen LogP contribution in [0.5, 0.6) is 0 Å². The van der Waals surface area contributed by atoms with Gasteiger partial charge in [0.05, 0.1) is 0 Å². The molecule has 0 radical (unpaired) electrons. The molecule has 0 aromatic rings. The van der Waals surface area contributed by atoms with Crippen LogP contribution in [0.4, 0.5) is 0 Å². The van der Waals surface area contributed by atoms with Crippen molar-refractivity contribution in [2.45, 2.75) is 17.8 Å². The van der Waals surface area contributed by atoms with Gasteiger partial charge in [-0.15, -0.1) is 0 Å². The predicted molar refractivity (Wildman–Crippen MR) is 47.4 cm³/mol. The van der Waals surface area contributed by atoms with Crippen LogP contribution in [0.1, 0.15) is 13.8 Å². The second-order valence-corrected chi connectivity index (χ2v) is 3.79. The molecule has 0 spiro atoms. The molecule has 0 aliphatic heterocycles. The Balaban J connectivity index is 3.84. The summed E-state index contributed by atoms with van der Waals surface area (Å²) in [6, 6.07) is 0. The topological polar surface area (TPSA) is 0 Å². The molecule has 0 N–H and O–H groups in total. The van der Waals surface area contributed by atoms with E-state index in [9.17, 15) is 0 Å². The fourth-order valence-electron chi connectivity index (χ4n) is 0.340. The molecule has 0 nitrogen and oxygen atoms in total. The average Bonchev–Trinajstić information content (AvgIpc) is 1.64. The summed E-state index contributed by atoms with van der Waals surface area (Å²) in [6.45, 7) is 11.7. The van der Waals surface area contributed by atoms with Crippen LogP contribution >= 0.6 is 22.6 Å². The highest BCUT2D eigenvalue weighted by Gasteiger charge is 1.99. The summed E-state index contributed by atoms with van der Waals surface area (Å²) in [5, 5.41) is 0. The highest BCUT2D eigenvalue weighted by atomic mass is 127. The second-order valence-electron chi connectivity index (χ2n) is 1.92. The van der Waals surface area contributed by atoms with E-state index < -0.39 is 0 Å². The lowest BCUT2D eigenvalue weighted by Crippen LogP contribution is -1.93. The molecule has 1 unspecified atom stereocenters. The van der Waals surface area contributed by atoms with Crippen LogP contribution < -0.4 is 0 Å². The van der Waals surface area contributed by atoms with Crippen molar-refractivity contribution in [1.82, 2.24) is 0 Å². The van der Waals surface area contributed by atoms with E-state index >= 15 is 0 Å². The van der Waals surface area contributed by atoms with E-state index in [2.05, 4.69) is 42.7 Å². The van der Waals surface area contributed by atoms with Crippen molar-refractivity contribution in [2.75, 3.05) is 0 Å². The van der Waals surface area contributed by atoms with E-state index in [1.165, 1.54) is 0 Å². The van der Waals surface area contributed by atoms with Crippen molar-refractivity contribution in [3.05, 3.63) is 24.3 Å². The van der Waals surface area contributed by atoms with Gasteiger partial charge in [0.1, 0.15) is 0 Å². The van der Waals surface area contributed by atoms with Gasteiger partial charge >= 0.3 is 0 Å². The highest BCUT2D eigenvalue weighted by molar-refractivity contribution is 14.1. The molecule has 0 aliphatic rings. The number of hydrogen-bond acceptors (Lipinski definition) is 0. The van der Waals surface area contributed by atoms with E-state index in [1.54, 1.807) is 0 Å². The molecule has 0 bridgehead atoms. The van der Waals surface area contributed by atoms with Gasteiger partial charge in [-0.05, 0) is 19.4 Å². The smallest absolute Gasteiger partial charge is 0.0327 e. The number of allylic oxidation sites excluding steroid dienone is 2. The molecule has 0 aromatic heterocycles. The van der Waals surface area contributed by atoms with Gasteiger partial charge in [-0.1, -0.05) is 41.3 Å². The zero-order chi connectivity index (χ0) is 6.73. The lowest BCUT2D eigenvalue weighted by atomic mass is 10.1. The van der Waals surface area contributed by atoms with Crippen molar-refractivity contribution >= 4 is 22.6 Å². The summed E-state index contributed by atoms with van der Waals surface area (Å²) in [4.78, 5) is 0. The zero-order valence-corrected chi connectivity index (χ0v) is 7.53. The second kappa shape index (κ2) is 3.28. The third kappa shape index (κ3) is 2.50. The summed E-state index contributed by atoms with van der Waals surface area (Å²) in [5.41, 5.74) is 2.23. The summed E-state index contributed by atoms with van der Waals surface area (Å²) >= 11 is 2.32. The van der Waals surface area contributed by atoms with E-state index in [-0.39, 0.29) is 0 Å². The summed E-state index contributed by atoms with van der Waals surface area (Å²) in [5.74, 6) is 0. The standard InChI is InChI=1S/C7H11I/c1-5(2)6(3)7(4)8/h7H,1,3H2,2,4H3. The Hall–Kier alpha value is 0.210. The lowest BCUT2D eigenvalue weighted by Gasteiger charge is -2.04. The molecule has 8 heavy (non-hydrogen) atoms. The summed E-state index contributed by atoms with van der Waals surface area (Å²) in [7, 11) is 0. The van der Waals surface area contributed by atoms with Crippen LogP contribution in [0.15, 0.2) is 24.3 Å². The quantitative estimate of drug-likeness (QED) is 0.382. The zero-order valence-electron chi connectivity index (χ0n) is 5.37. The van der Waals surface area contributed by atoms with Gasteiger partial charge in [0.25, 0.3) is 0 Å². The third-order valence-electron chi connectivity index (χ3n) is 1.03. The molecule has 1 heteroatoms. The molecule has 0 heterocycles. The van der Waals surface area contributed by atoms with Crippen LogP contribution in [0, 0.1) is 0 Å². The SMILES string of the molecule is C=C(C)C(=C)C(C)I. The number of rotatable bonds is 2. The molecule has 46 valence electrons. The predicted octanol–water partition coefficient (Wildman–Crippen LogP) is 2.94. The first-order chi connectivity index (χ1) is 3.55. The minimum atomic E-state index is 0.519. The fourth-order valence-corrected chi connectivity index (χ4v) is 0.871. The van der Waals surface area contributed by atoms with Crippen LogP contribution in [0.25, 0.3) is 0 Å². The molecular weight excluding hydrogens is 211 g/mol. The maximum atomic E-state index is 3.85. The Morgan fingerprint density at radius 2 is 1.88 bits per heavy atom.